The van der Waals surface area contributed by atoms with E-state index in [-0.39, 0.29) is 5.97 Å². The van der Waals surface area contributed by atoms with Crippen molar-refractivity contribution in [1.29, 1.82) is 0 Å². The van der Waals surface area contributed by atoms with Crippen molar-refractivity contribution < 1.29 is 9.53 Å². The van der Waals surface area contributed by atoms with Crippen LogP contribution in [0.15, 0.2) is 12.3 Å². The molecule has 1 saturated carbocycles. The molecule has 0 spiro atoms. The van der Waals surface area contributed by atoms with Crippen molar-refractivity contribution in [2.45, 2.75) is 25.8 Å². The Bertz CT molecular complexity index is 341. The van der Waals surface area contributed by atoms with Crippen molar-refractivity contribution in [3.63, 3.8) is 0 Å². The van der Waals surface area contributed by atoms with E-state index in [1.807, 2.05) is 10.8 Å². The van der Waals surface area contributed by atoms with Gasteiger partial charge in [-0.1, -0.05) is 11.6 Å². The van der Waals surface area contributed by atoms with Gasteiger partial charge in [0.1, 0.15) is 5.02 Å². The highest BCUT2D eigenvalue weighted by atomic mass is 35.5. The molecule has 3 nitrogen and oxygen atoms in total. The van der Waals surface area contributed by atoms with E-state index in [4.69, 9.17) is 16.3 Å². The number of ether oxygens (including phenoxy) is 1. The molecule has 0 unspecified atom stereocenters. The van der Waals surface area contributed by atoms with Crippen LogP contribution in [0.2, 0.25) is 5.02 Å². The summed E-state index contributed by atoms with van der Waals surface area (Å²) in [6.45, 7) is 1.38. The maximum Gasteiger partial charge on any atom is 0.309 e. The third kappa shape index (κ3) is 1.70. The third-order valence-electron chi connectivity index (χ3n) is 2.00. The van der Waals surface area contributed by atoms with E-state index in [1.54, 1.807) is 6.07 Å². The van der Waals surface area contributed by atoms with E-state index in [2.05, 4.69) is 0 Å². The van der Waals surface area contributed by atoms with E-state index < -0.39 is 0 Å². The number of nitrogens with zero attached hydrogens (tertiary/aromatic N) is 1. The summed E-state index contributed by atoms with van der Waals surface area (Å²) in [4.78, 5) is 10.8. The molecule has 70 valence electrons. The lowest BCUT2D eigenvalue weighted by atomic mass is 10.6. The van der Waals surface area contributed by atoms with Gasteiger partial charge in [0.25, 0.3) is 0 Å². The van der Waals surface area contributed by atoms with Gasteiger partial charge in [0, 0.05) is 19.2 Å². The van der Waals surface area contributed by atoms with Crippen molar-refractivity contribution >= 4 is 17.6 Å². The molecule has 1 aromatic heterocycles. The Morgan fingerprint density at radius 3 is 2.92 bits per heavy atom. The Morgan fingerprint density at radius 2 is 2.38 bits per heavy atom. The molecule has 4 heteroatoms. The Hall–Kier alpha value is -0.960. The number of carbonyl (C=O) groups excluding carboxylic acids is 1. The summed E-state index contributed by atoms with van der Waals surface area (Å²) in [6.07, 6.45) is 4.14. The molecular formula is C9H10ClNO2. The number of carbonyl (C=O) groups is 1. The number of esters is 1. The summed E-state index contributed by atoms with van der Waals surface area (Å²) < 4.78 is 6.93. The third-order valence-corrected chi connectivity index (χ3v) is 2.29. The van der Waals surface area contributed by atoms with Crippen molar-refractivity contribution in [3.05, 3.63) is 17.3 Å². The fraction of sp³-hybridized carbons (Fsp3) is 0.444. The Labute approximate surface area is 81.2 Å². The molecule has 0 saturated heterocycles. The average Bonchev–Trinajstić information content (AvgIpc) is 2.81. The van der Waals surface area contributed by atoms with Gasteiger partial charge in [0.15, 0.2) is 0 Å². The van der Waals surface area contributed by atoms with Gasteiger partial charge in [-0.3, -0.25) is 4.79 Å². The quantitative estimate of drug-likeness (QED) is 0.685. The Balaban J connectivity index is 2.28. The number of hydrogen-bond acceptors (Lipinski definition) is 2. The second kappa shape index (κ2) is 3.07. The van der Waals surface area contributed by atoms with Gasteiger partial charge < -0.3 is 9.30 Å². The normalized spacial score (nSPS) is 15.8. The molecule has 1 aliphatic carbocycles. The van der Waals surface area contributed by atoms with Gasteiger partial charge in [-0.05, 0) is 18.9 Å². The Morgan fingerprint density at radius 1 is 1.69 bits per heavy atom. The second-order valence-electron chi connectivity index (χ2n) is 3.20. The van der Waals surface area contributed by atoms with Crippen LogP contribution >= 0.6 is 11.6 Å². The Kier molecular flexibility index (Phi) is 2.04. The molecule has 13 heavy (non-hydrogen) atoms. The van der Waals surface area contributed by atoms with Gasteiger partial charge in [-0.15, -0.1) is 0 Å². The monoisotopic (exact) mass is 199 g/mol. The van der Waals surface area contributed by atoms with Crippen LogP contribution in [-0.2, 0) is 4.79 Å². The molecule has 2 rings (SSSR count). The number of hydrogen-bond donors (Lipinski definition) is 0. The van der Waals surface area contributed by atoms with Crippen LogP contribution in [0.25, 0.3) is 0 Å². The van der Waals surface area contributed by atoms with Crippen LogP contribution in [0.5, 0.6) is 5.88 Å². The average molecular weight is 200 g/mol. The SMILES string of the molecule is CC(=O)Oc1c(Cl)ccn1C1CC1. The van der Waals surface area contributed by atoms with Crippen molar-refractivity contribution in [1.82, 2.24) is 4.57 Å². The van der Waals surface area contributed by atoms with Crippen molar-refractivity contribution in [2.24, 2.45) is 0 Å². The first-order valence-electron chi connectivity index (χ1n) is 4.23. The van der Waals surface area contributed by atoms with Crippen LogP contribution < -0.4 is 4.74 Å². The molecule has 1 fully saturated rings. The van der Waals surface area contributed by atoms with E-state index >= 15 is 0 Å². The summed E-state index contributed by atoms with van der Waals surface area (Å²) in [5, 5.41) is 0.502. The van der Waals surface area contributed by atoms with Gasteiger partial charge in [-0.25, -0.2) is 0 Å². The van der Waals surface area contributed by atoms with Crippen molar-refractivity contribution in [3.8, 4) is 5.88 Å². The minimum atomic E-state index is -0.331. The van der Waals surface area contributed by atoms with Crippen LogP contribution in [-0.4, -0.2) is 10.5 Å². The van der Waals surface area contributed by atoms with Gasteiger partial charge in [0.2, 0.25) is 5.88 Å². The molecule has 1 aromatic rings. The zero-order valence-corrected chi connectivity index (χ0v) is 8.04. The predicted octanol–water partition coefficient (Wildman–Crippen LogP) is 2.40. The zero-order valence-electron chi connectivity index (χ0n) is 7.29. The molecule has 0 aromatic carbocycles. The van der Waals surface area contributed by atoms with Gasteiger partial charge in [0.05, 0.1) is 0 Å². The molecule has 0 N–H and O–H groups in total. The maximum absolute atomic E-state index is 10.8. The van der Waals surface area contributed by atoms with Crippen molar-refractivity contribution in [2.75, 3.05) is 0 Å². The van der Waals surface area contributed by atoms with Gasteiger partial charge >= 0.3 is 5.97 Å². The molecule has 1 aliphatic rings. The first-order chi connectivity index (χ1) is 6.18. The molecule has 0 bridgehead atoms. The summed E-state index contributed by atoms with van der Waals surface area (Å²) in [6, 6.07) is 2.22. The molecular weight excluding hydrogens is 190 g/mol. The maximum atomic E-state index is 10.8. The van der Waals surface area contributed by atoms with E-state index in [0.717, 1.165) is 12.8 Å². The van der Waals surface area contributed by atoms with E-state index in [0.29, 0.717) is 16.9 Å². The summed E-state index contributed by atoms with van der Waals surface area (Å²) >= 11 is 5.86. The minimum absolute atomic E-state index is 0.331. The predicted molar refractivity (Wildman–Crippen MR) is 49.0 cm³/mol. The van der Waals surface area contributed by atoms with Gasteiger partial charge in [-0.2, -0.15) is 0 Å². The van der Waals surface area contributed by atoms with E-state index in [9.17, 15) is 4.79 Å². The lowest BCUT2D eigenvalue weighted by molar-refractivity contribution is -0.132. The molecule has 0 radical (unpaired) electrons. The molecule has 1 heterocycles. The highest BCUT2D eigenvalue weighted by molar-refractivity contribution is 6.32. The largest absolute Gasteiger partial charge is 0.408 e. The minimum Gasteiger partial charge on any atom is -0.408 e. The first-order valence-corrected chi connectivity index (χ1v) is 4.61. The standard InChI is InChI=1S/C9H10ClNO2/c1-6(12)13-9-8(10)4-5-11(9)7-2-3-7/h4-5,7H,2-3H2,1H3. The number of rotatable bonds is 2. The highest BCUT2D eigenvalue weighted by Gasteiger charge is 2.27. The summed E-state index contributed by atoms with van der Waals surface area (Å²) in [5.41, 5.74) is 0. The highest BCUT2D eigenvalue weighted by Crippen LogP contribution is 2.41. The van der Waals surface area contributed by atoms with Crippen LogP contribution in [0, 0.1) is 0 Å². The smallest absolute Gasteiger partial charge is 0.309 e. The lowest BCUT2D eigenvalue weighted by Crippen LogP contribution is -2.06. The van der Waals surface area contributed by atoms with E-state index in [1.165, 1.54) is 6.92 Å². The fourth-order valence-corrected chi connectivity index (χ4v) is 1.48. The molecule has 0 aliphatic heterocycles. The van der Waals surface area contributed by atoms with Crippen LogP contribution in [0.1, 0.15) is 25.8 Å². The summed E-state index contributed by atoms with van der Waals surface area (Å²) in [7, 11) is 0. The number of halogens is 1. The van der Waals surface area contributed by atoms with Crippen LogP contribution in [0.3, 0.4) is 0 Å². The fourth-order valence-electron chi connectivity index (χ4n) is 1.29. The zero-order chi connectivity index (χ0) is 9.42. The topological polar surface area (TPSA) is 31.2 Å². The molecule has 0 atom stereocenters. The lowest BCUT2D eigenvalue weighted by Gasteiger charge is -2.06. The molecule has 0 amide bonds. The number of aromatic nitrogens is 1. The first kappa shape index (κ1) is 8.63. The summed E-state index contributed by atoms with van der Waals surface area (Å²) in [5.74, 6) is 0.152. The second-order valence-corrected chi connectivity index (χ2v) is 3.61. The van der Waals surface area contributed by atoms with Crippen LogP contribution in [0.4, 0.5) is 0 Å².